The van der Waals surface area contributed by atoms with Crippen LogP contribution in [0, 0.1) is 0 Å². The molecule has 0 fully saturated rings. The van der Waals surface area contributed by atoms with E-state index in [1.165, 1.54) is 0 Å². The predicted molar refractivity (Wildman–Crippen MR) is 129 cm³/mol. The lowest BCUT2D eigenvalue weighted by molar-refractivity contribution is -0.201. The molecule has 3 aromatic rings. The maximum Gasteiger partial charge on any atom is 0.493 e. The van der Waals surface area contributed by atoms with E-state index >= 15 is 0 Å². The molecule has 190 valence electrons. The summed E-state index contributed by atoms with van der Waals surface area (Å²) in [7, 11) is 0. The zero-order chi connectivity index (χ0) is 26.0. The van der Waals surface area contributed by atoms with Crippen molar-refractivity contribution >= 4 is 17.5 Å². The zero-order valence-electron chi connectivity index (χ0n) is 20.2. The van der Waals surface area contributed by atoms with Crippen LogP contribution in [0.3, 0.4) is 0 Å². The first-order chi connectivity index (χ1) is 17.0. The van der Waals surface area contributed by atoms with E-state index in [0.717, 1.165) is 10.6 Å². The molecule has 1 N–H and O–H groups in total. The topological polar surface area (TPSA) is 72.9 Å². The number of benzene rings is 2. The Hall–Kier alpha value is -3.95. The molecule has 1 aliphatic heterocycles. The maximum atomic E-state index is 13.2. The van der Waals surface area contributed by atoms with Crippen molar-refractivity contribution in [1.82, 2.24) is 4.98 Å². The van der Waals surface area contributed by atoms with Gasteiger partial charge in [-0.3, -0.25) is 0 Å². The van der Waals surface area contributed by atoms with Gasteiger partial charge in [0.25, 0.3) is 0 Å². The van der Waals surface area contributed by atoms with Crippen LogP contribution in [0.1, 0.15) is 39.4 Å². The summed E-state index contributed by atoms with van der Waals surface area (Å²) in [6.07, 6.45) is -4.97. The van der Waals surface area contributed by atoms with Crippen LogP contribution in [0.4, 0.5) is 24.7 Å². The van der Waals surface area contributed by atoms with Crippen LogP contribution >= 0.6 is 0 Å². The second-order valence-electron chi connectivity index (χ2n) is 8.74. The summed E-state index contributed by atoms with van der Waals surface area (Å²) in [6, 6.07) is 15.8. The largest absolute Gasteiger partial charge is 0.493 e. The maximum absolute atomic E-state index is 13.2. The van der Waals surface area contributed by atoms with Crippen LogP contribution in [-0.4, -0.2) is 29.3 Å². The van der Waals surface area contributed by atoms with Gasteiger partial charge in [0, 0.05) is 23.4 Å². The molecule has 0 aliphatic carbocycles. The minimum absolute atomic E-state index is 0.0959. The number of carbonyl (C=O) groups excluding carboxylic acids is 1. The number of rotatable bonds is 7. The van der Waals surface area contributed by atoms with Gasteiger partial charge in [-0.25, -0.2) is 9.78 Å². The summed E-state index contributed by atoms with van der Waals surface area (Å²) in [5.41, 5.74) is 2.06. The first kappa shape index (κ1) is 25.2. The van der Waals surface area contributed by atoms with Crippen molar-refractivity contribution in [2.24, 2.45) is 0 Å². The molecule has 7 nitrogen and oxygen atoms in total. The van der Waals surface area contributed by atoms with E-state index in [1.807, 2.05) is 58.0 Å². The highest BCUT2D eigenvalue weighted by Gasteiger charge is 2.46. The SMILES string of the molecule is CC(C)Oc1ccc(C2Nc3ncc(-c4ccccc4)cc3N2OC(=O)C(F)(F)F)c(OC(C)C)c1. The number of pyridine rings is 1. The van der Waals surface area contributed by atoms with Crippen LogP contribution in [0.15, 0.2) is 60.8 Å². The lowest BCUT2D eigenvalue weighted by Crippen LogP contribution is -2.37. The summed E-state index contributed by atoms with van der Waals surface area (Å²) in [5.74, 6) is -1.20. The van der Waals surface area contributed by atoms with Gasteiger partial charge in [-0.2, -0.15) is 18.2 Å². The Kier molecular flexibility index (Phi) is 6.96. The third-order valence-electron chi connectivity index (χ3n) is 5.15. The summed E-state index contributed by atoms with van der Waals surface area (Å²) < 4.78 is 51.3. The van der Waals surface area contributed by atoms with Crippen LogP contribution < -0.4 is 19.9 Å². The molecule has 1 aliphatic rings. The minimum Gasteiger partial charge on any atom is -0.491 e. The number of hydroxylamine groups is 1. The molecule has 1 unspecified atom stereocenters. The number of hydrogen-bond donors (Lipinski definition) is 1. The minimum atomic E-state index is -5.19. The van der Waals surface area contributed by atoms with Crippen LogP contribution in [-0.2, 0) is 9.63 Å². The Labute approximate surface area is 206 Å². The monoisotopic (exact) mass is 501 g/mol. The molecule has 0 bridgehead atoms. The van der Waals surface area contributed by atoms with Gasteiger partial charge in [0.15, 0.2) is 12.0 Å². The van der Waals surface area contributed by atoms with Gasteiger partial charge < -0.3 is 19.6 Å². The number of nitrogens with one attached hydrogen (secondary N) is 1. The fourth-order valence-electron chi connectivity index (χ4n) is 3.74. The van der Waals surface area contributed by atoms with Gasteiger partial charge in [-0.05, 0) is 51.5 Å². The van der Waals surface area contributed by atoms with E-state index in [1.54, 1.807) is 30.5 Å². The number of hydrogen-bond acceptors (Lipinski definition) is 7. The number of halogens is 3. The third-order valence-corrected chi connectivity index (χ3v) is 5.15. The number of anilines is 2. The quantitative estimate of drug-likeness (QED) is 0.409. The molecule has 1 aromatic heterocycles. The van der Waals surface area contributed by atoms with Gasteiger partial charge in [0.05, 0.1) is 12.2 Å². The van der Waals surface area contributed by atoms with Crippen molar-refractivity contribution in [3.05, 3.63) is 66.4 Å². The summed E-state index contributed by atoms with van der Waals surface area (Å²) >= 11 is 0. The van der Waals surface area contributed by atoms with Gasteiger partial charge in [0.1, 0.15) is 17.2 Å². The molecule has 0 saturated heterocycles. The molecule has 2 heterocycles. The van der Waals surface area contributed by atoms with Crippen LogP contribution in [0.25, 0.3) is 11.1 Å². The average molecular weight is 502 g/mol. The number of ether oxygens (including phenoxy) is 2. The van der Waals surface area contributed by atoms with E-state index in [-0.39, 0.29) is 23.7 Å². The Balaban J connectivity index is 1.79. The van der Waals surface area contributed by atoms with Crippen molar-refractivity contribution in [2.45, 2.75) is 52.2 Å². The molecule has 1 atom stereocenters. The number of carbonyl (C=O) groups is 1. The molecular weight excluding hydrogens is 475 g/mol. The molecule has 0 amide bonds. The highest BCUT2D eigenvalue weighted by molar-refractivity contribution is 5.82. The smallest absolute Gasteiger partial charge is 0.491 e. The predicted octanol–water partition coefficient (Wildman–Crippen LogP) is 6.27. The standard InChI is InChI=1S/C26H26F3N3O4/c1-15(2)34-19-10-11-20(22(13-19)35-16(3)4)24-31-23-21(32(24)36-25(33)26(27,28)29)12-18(14-30-23)17-8-6-5-7-9-17/h5-16,24H,1-4H3,(H,30,31). The van der Waals surface area contributed by atoms with E-state index < -0.39 is 18.3 Å². The third kappa shape index (κ3) is 5.48. The Morgan fingerprint density at radius 1 is 0.972 bits per heavy atom. The summed E-state index contributed by atoms with van der Waals surface area (Å²) in [5, 5.41) is 3.94. The van der Waals surface area contributed by atoms with Gasteiger partial charge in [0.2, 0.25) is 0 Å². The highest BCUT2D eigenvalue weighted by atomic mass is 19.4. The fraction of sp³-hybridized carbons (Fsp3) is 0.308. The van der Waals surface area contributed by atoms with E-state index in [2.05, 4.69) is 10.3 Å². The number of aromatic nitrogens is 1. The second-order valence-corrected chi connectivity index (χ2v) is 8.74. The molecule has 2 aromatic carbocycles. The van der Waals surface area contributed by atoms with Crippen molar-refractivity contribution in [2.75, 3.05) is 10.4 Å². The van der Waals surface area contributed by atoms with Gasteiger partial charge >= 0.3 is 12.1 Å². The molecule has 0 spiro atoms. The Morgan fingerprint density at radius 2 is 1.67 bits per heavy atom. The first-order valence-corrected chi connectivity index (χ1v) is 11.4. The molecule has 10 heteroatoms. The molecule has 4 rings (SSSR count). The Bertz CT molecular complexity index is 1230. The van der Waals surface area contributed by atoms with Crippen molar-refractivity contribution < 1.29 is 32.3 Å². The molecule has 36 heavy (non-hydrogen) atoms. The van der Waals surface area contributed by atoms with E-state index in [0.29, 0.717) is 22.6 Å². The van der Waals surface area contributed by atoms with E-state index in [4.69, 9.17) is 14.3 Å². The number of nitrogens with zero attached hydrogens (tertiary/aromatic N) is 2. The molecular formula is C26H26F3N3O4. The van der Waals surface area contributed by atoms with Crippen molar-refractivity contribution in [1.29, 1.82) is 0 Å². The lowest BCUT2D eigenvalue weighted by atomic mass is 10.1. The van der Waals surface area contributed by atoms with E-state index in [9.17, 15) is 18.0 Å². The fourth-order valence-corrected chi connectivity index (χ4v) is 3.74. The summed E-state index contributed by atoms with van der Waals surface area (Å²) in [6.45, 7) is 7.40. The molecule has 0 radical (unpaired) electrons. The normalized spacial score (nSPS) is 15.0. The first-order valence-electron chi connectivity index (χ1n) is 11.4. The Morgan fingerprint density at radius 3 is 2.31 bits per heavy atom. The van der Waals surface area contributed by atoms with Gasteiger partial charge in [-0.1, -0.05) is 30.3 Å². The zero-order valence-corrected chi connectivity index (χ0v) is 20.2. The molecule has 0 saturated carbocycles. The number of fused-ring (bicyclic) bond motifs is 1. The summed E-state index contributed by atoms with van der Waals surface area (Å²) in [4.78, 5) is 21.2. The van der Waals surface area contributed by atoms with Crippen molar-refractivity contribution in [3.63, 3.8) is 0 Å². The van der Waals surface area contributed by atoms with Crippen LogP contribution in [0.5, 0.6) is 11.5 Å². The van der Waals surface area contributed by atoms with Gasteiger partial charge in [-0.15, -0.1) is 0 Å². The van der Waals surface area contributed by atoms with Crippen LogP contribution in [0.2, 0.25) is 0 Å². The van der Waals surface area contributed by atoms with Crippen molar-refractivity contribution in [3.8, 4) is 22.6 Å². The number of alkyl halides is 3. The highest BCUT2D eigenvalue weighted by Crippen LogP contribution is 2.45. The lowest BCUT2D eigenvalue weighted by Gasteiger charge is -2.27. The second kappa shape index (κ2) is 9.96. The average Bonchev–Trinajstić information content (AvgIpc) is 3.15.